The molecule has 0 radical (unpaired) electrons. The zero-order valence-corrected chi connectivity index (χ0v) is 16.3. The van der Waals surface area contributed by atoms with Crippen LogP contribution in [0.4, 0.5) is 0 Å². The molecule has 2 aliphatic heterocycles. The average molecular weight is 410 g/mol. The third-order valence-corrected chi connectivity index (χ3v) is 5.44. The van der Waals surface area contributed by atoms with Gasteiger partial charge in [-0.2, -0.15) is 0 Å². The summed E-state index contributed by atoms with van der Waals surface area (Å²) in [5.41, 5.74) is 0.801. The minimum atomic E-state index is -1.26. The van der Waals surface area contributed by atoms with Gasteiger partial charge in [0.25, 0.3) is 0 Å². The van der Waals surface area contributed by atoms with Crippen LogP contribution in [0.3, 0.4) is 0 Å². The van der Waals surface area contributed by atoms with Crippen molar-refractivity contribution >= 4 is 29.5 Å². The number of esters is 1. The van der Waals surface area contributed by atoms with Crippen LogP contribution < -0.4 is 0 Å². The molecule has 3 rings (SSSR count). The van der Waals surface area contributed by atoms with Gasteiger partial charge in [0, 0.05) is 24.2 Å². The molecule has 28 heavy (non-hydrogen) atoms. The summed E-state index contributed by atoms with van der Waals surface area (Å²) < 4.78 is 5.64. The molecule has 0 spiro atoms. The van der Waals surface area contributed by atoms with Crippen LogP contribution in [-0.2, 0) is 19.1 Å². The largest absolute Gasteiger partial charge is 0.478 e. The van der Waals surface area contributed by atoms with Gasteiger partial charge in [0.05, 0.1) is 0 Å². The lowest BCUT2D eigenvalue weighted by Crippen LogP contribution is -2.43. The lowest BCUT2D eigenvalue weighted by atomic mass is 10.0. The number of hydrogen-bond acceptors (Lipinski definition) is 5. The first-order valence-corrected chi connectivity index (χ1v) is 9.47. The molecule has 1 aromatic rings. The predicted octanol–water partition coefficient (Wildman–Crippen LogP) is 2.85. The normalized spacial score (nSPS) is 24.9. The van der Waals surface area contributed by atoms with Crippen LogP contribution in [0.1, 0.15) is 36.6 Å². The molecule has 2 bridgehead atoms. The number of carbonyl (C=O) groups is 3. The van der Waals surface area contributed by atoms with Crippen LogP contribution in [-0.4, -0.2) is 58.3 Å². The highest BCUT2D eigenvalue weighted by atomic mass is 35.5. The summed E-state index contributed by atoms with van der Waals surface area (Å²) in [5.74, 6) is -2.83. The van der Waals surface area contributed by atoms with Gasteiger partial charge in [-0.3, -0.25) is 4.79 Å². The Morgan fingerprint density at radius 1 is 1.07 bits per heavy atom. The van der Waals surface area contributed by atoms with Gasteiger partial charge in [-0.1, -0.05) is 30.3 Å². The Balaban J connectivity index is 0.000000300. The molecular formula is C20H24ClNO6. The smallest absolute Gasteiger partial charge is 0.328 e. The number of alkyl halides is 1. The number of halogens is 1. The van der Waals surface area contributed by atoms with Crippen molar-refractivity contribution in [3.63, 3.8) is 0 Å². The Morgan fingerprint density at radius 3 is 2.04 bits per heavy atom. The maximum atomic E-state index is 12.2. The minimum Gasteiger partial charge on any atom is -0.478 e. The van der Waals surface area contributed by atoms with E-state index in [0.717, 1.165) is 18.4 Å². The van der Waals surface area contributed by atoms with Gasteiger partial charge in [0.2, 0.25) is 0 Å². The van der Waals surface area contributed by atoms with E-state index < -0.39 is 17.3 Å². The van der Waals surface area contributed by atoms with E-state index in [-0.39, 0.29) is 12.1 Å². The number of benzene rings is 1. The zero-order valence-electron chi connectivity index (χ0n) is 15.5. The van der Waals surface area contributed by atoms with E-state index in [1.165, 1.54) is 12.8 Å². The Labute approximate surface area is 168 Å². The van der Waals surface area contributed by atoms with E-state index in [9.17, 15) is 14.4 Å². The van der Waals surface area contributed by atoms with Gasteiger partial charge in [0.15, 0.2) is 5.38 Å². The van der Waals surface area contributed by atoms with E-state index in [0.29, 0.717) is 24.2 Å². The summed E-state index contributed by atoms with van der Waals surface area (Å²) in [7, 11) is 2.18. The number of fused-ring (bicyclic) bond motifs is 2. The van der Waals surface area contributed by atoms with Crippen LogP contribution >= 0.6 is 11.6 Å². The van der Waals surface area contributed by atoms with Gasteiger partial charge in [-0.05, 0) is 38.3 Å². The predicted molar refractivity (Wildman–Crippen MR) is 103 cm³/mol. The van der Waals surface area contributed by atoms with Gasteiger partial charge >= 0.3 is 17.9 Å². The second kappa shape index (κ2) is 10.2. The number of ether oxygens (including phenoxy) is 1. The van der Waals surface area contributed by atoms with Crippen LogP contribution in [0.5, 0.6) is 0 Å². The fourth-order valence-corrected chi connectivity index (χ4v) is 3.78. The molecule has 2 heterocycles. The Hall–Kier alpha value is -2.38. The molecule has 0 aliphatic carbocycles. The van der Waals surface area contributed by atoms with Gasteiger partial charge in [-0.15, -0.1) is 11.6 Å². The first kappa shape index (κ1) is 21.9. The number of aliphatic carboxylic acids is 2. The zero-order chi connectivity index (χ0) is 20.7. The van der Waals surface area contributed by atoms with Crippen LogP contribution in [0, 0.1) is 0 Å². The maximum Gasteiger partial charge on any atom is 0.328 e. The number of nitrogens with zero attached hydrogens (tertiary/aromatic N) is 1. The molecule has 0 amide bonds. The lowest BCUT2D eigenvalue weighted by molar-refractivity contribution is -0.152. The first-order valence-electron chi connectivity index (χ1n) is 9.03. The topological polar surface area (TPSA) is 104 Å². The Morgan fingerprint density at radius 2 is 1.57 bits per heavy atom. The summed E-state index contributed by atoms with van der Waals surface area (Å²) in [5, 5.41) is 14.9. The number of carboxylic acid groups (broad SMARTS) is 2. The summed E-state index contributed by atoms with van der Waals surface area (Å²) in [6.45, 7) is 0. The molecular weight excluding hydrogens is 386 g/mol. The minimum absolute atomic E-state index is 0.0289. The van der Waals surface area contributed by atoms with Crippen molar-refractivity contribution in [2.75, 3.05) is 7.05 Å². The quantitative estimate of drug-likeness (QED) is 0.437. The summed E-state index contributed by atoms with van der Waals surface area (Å²) >= 11 is 6.21. The Bertz CT molecular complexity index is 693. The number of carboxylic acids is 2. The van der Waals surface area contributed by atoms with Crippen LogP contribution in [0.15, 0.2) is 42.5 Å². The number of rotatable bonds is 5. The van der Waals surface area contributed by atoms with E-state index in [4.69, 9.17) is 26.6 Å². The van der Waals surface area contributed by atoms with Crippen molar-refractivity contribution in [3.05, 3.63) is 48.0 Å². The average Bonchev–Trinajstić information content (AvgIpc) is 2.88. The molecule has 1 aromatic carbocycles. The Kier molecular flexibility index (Phi) is 8.02. The van der Waals surface area contributed by atoms with E-state index in [1.54, 1.807) is 0 Å². The third-order valence-electron chi connectivity index (χ3n) is 5.01. The summed E-state index contributed by atoms with van der Waals surface area (Å²) in [6, 6.07) is 10.5. The fraction of sp³-hybridized carbons (Fsp3) is 0.450. The molecule has 8 heteroatoms. The fourth-order valence-electron chi connectivity index (χ4n) is 3.58. The second-order valence-electron chi connectivity index (χ2n) is 6.86. The number of hydrogen-bond donors (Lipinski definition) is 2. The van der Waals surface area contributed by atoms with Gasteiger partial charge in [-0.25, -0.2) is 9.59 Å². The summed E-state index contributed by atoms with van der Waals surface area (Å²) in [6.07, 6.45) is 5.47. The van der Waals surface area contributed by atoms with Crippen molar-refractivity contribution < 1.29 is 29.3 Å². The molecule has 2 fully saturated rings. The SMILES string of the molecule is CN1C2CCC1CC(OC(=O)C(Cl)c1ccccc1)C2.O=C(O)/C=C\C(=O)O. The lowest BCUT2D eigenvalue weighted by Gasteiger charge is -2.36. The third kappa shape index (κ3) is 6.35. The molecule has 2 aliphatic rings. The molecule has 3 atom stereocenters. The van der Waals surface area contributed by atoms with Crippen molar-refractivity contribution in [3.8, 4) is 0 Å². The molecule has 7 nitrogen and oxygen atoms in total. The highest BCUT2D eigenvalue weighted by molar-refractivity contribution is 6.29. The summed E-state index contributed by atoms with van der Waals surface area (Å²) in [4.78, 5) is 33.7. The highest BCUT2D eigenvalue weighted by Crippen LogP contribution is 2.36. The molecule has 2 N–H and O–H groups in total. The van der Waals surface area contributed by atoms with Gasteiger partial charge < -0.3 is 19.8 Å². The van der Waals surface area contributed by atoms with E-state index >= 15 is 0 Å². The molecule has 152 valence electrons. The second-order valence-corrected chi connectivity index (χ2v) is 7.30. The highest BCUT2D eigenvalue weighted by Gasteiger charge is 2.40. The number of carbonyl (C=O) groups excluding carboxylic acids is 1. The monoisotopic (exact) mass is 409 g/mol. The van der Waals surface area contributed by atoms with E-state index in [2.05, 4.69) is 11.9 Å². The standard InChI is InChI=1S/C16H20ClNO2.C4H4O4/c1-18-12-7-8-13(18)10-14(9-12)20-16(19)15(17)11-5-3-2-4-6-11;5-3(6)1-2-4(7)8/h2-6,12-15H,7-10H2,1H3;1-2H,(H,5,6)(H,7,8)/b;2-1-. The van der Waals surface area contributed by atoms with Crippen LogP contribution in [0.25, 0.3) is 0 Å². The molecule has 0 saturated carbocycles. The first-order chi connectivity index (χ1) is 13.3. The maximum absolute atomic E-state index is 12.2. The molecule has 3 unspecified atom stereocenters. The molecule has 2 saturated heterocycles. The van der Waals surface area contributed by atoms with Crippen molar-refractivity contribution in [1.29, 1.82) is 0 Å². The number of piperidine rings is 1. The van der Waals surface area contributed by atoms with Gasteiger partial charge in [0.1, 0.15) is 6.10 Å². The van der Waals surface area contributed by atoms with Crippen molar-refractivity contribution in [2.24, 2.45) is 0 Å². The van der Waals surface area contributed by atoms with E-state index in [1.807, 2.05) is 30.3 Å². The van der Waals surface area contributed by atoms with Crippen molar-refractivity contribution in [1.82, 2.24) is 4.90 Å². The van der Waals surface area contributed by atoms with Crippen LogP contribution in [0.2, 0.25) is 0 Å². The van der Waals surface area contributed by atoms with Crippen molar-refractivity contribution in [2.45, 2.75) is 49.2 Å². The molecule has 0 aromatic heterocycles.